The van der Waals surface area contributed by atoms with Crippen molar-refractivity contribution in [1.82, 2.24) is 20.6 Å². The summed E-state index contributed by atoms with van der Waals surface area (Å²) < 4.78 is 0. The van der Waals surface area contributed by atoms with Crippen LogP contribution in [0.5, 0.6) is 0 Å². The number of H-pyrrole nitrogens is 1. The Morgan fingerprint density at radius 1 is 1.57 bits per heavy atom. The van der Waals surface area contributed by atoms with Crippen molar-refractivity contribution in [3.63, 3.8) is 0 Å². The molecule has 0 atom stereocenters. The van der Waals surface area contributed by atoms with Gasteiger partial charge in [0.2, 0.25) is 5.82 Å². The normalized spacial score (nSPS) is 9.71. The van der Waals surface area contributed by atoms with Crippen molar-refractivity contribution in [3.8, 4) is 10.7 Å². The molecule has 0 bridgehead atoms. The summed E-state index contributed by atoms with van der Waals surface area (Å²) in [4.78, 5) is 4.56. The lowest BCUT2D eigenvalue weighted by molar-refractivity contribution is 0.881. The molecule has 14 heavy (non-hydrogen) atoms. The predicted octanol–water partition coefficient (Wildman–Crippen LogP) is 1.74. The van der Waals surface area contributed by atoms with E-state index in [9.17, 15) is 0 Å². The van der Waals surface area contributed by atoms with Gasteiger partial charge in [0.25, 0.3) is 0 Å². The minimum Gasteiger partial charge on any atom is -0.177 e. The van der Waals surface area contributed by atoms with E-state index in [1.54, 1.807) is 0 Å². The van der Waals surface area contributed by atoms with Crippen molar-refractivity contribution in [2.45, 2.75) is 6.54 Å². The molecule has 0 spiro atoms. The second-order valence-electron chi connectivity index (χ2n) is 2.39. The molecule has 70 valence electrons. The summed E-state index contributed by atoms with van der Waals surface area (Å²) in [5.41, 5.74) is 8.14. The smallest absolute Gasteiger partial charge is 0.177 e. The maximum absolute atomic E-state index is 8.14. The Morgan fingerprint density at radius 3 is 3.21 bits per heavy atom. The van der Waals surface area contributed by atoms with Gasteiger partial charge in [-0.25, -0.2) is 0 Å². The minimum atomic E-state index is 0.360. The van der Waals surface area contributed by atoms with E-state index < -0.39 is 0 Å². The number of tetrazole rings is 1. The Balaban J connectivity index is 2.22. The van der Waals surface area contributed by atoms with Crippen molar-refractivity contribution in [3.05, 3.63) is 27.5 Å². The Morgan fingerprint density at radius 2 is 2.50 bits per heavy atom. The Bertz CT molecular complexity index is 452. The number of azide groups is 1. The zero-order chi connectivity index (χ0) is 9.80. The van der Waals surface area contributed by atoms with Crippen LogP contribution in [0.25, 0.3) is 21.1 Å². The molecule has 0 radical (unpaired) electrons. The zero-order valence-corrected chi connectivity index (χ0v) is 7.77. The van der Waals surface area contributed by atoms with E-state index in [4.69, 9.17) is 5.53 Å². The highest BCUT2D eigenvalue weighted by atomic mass is 32.1. The predicted molar refractivity (Wildman–Crippen MR) is 50.3 cm³/mol. The van der Waals surface area contributed by atoms with Crippen LogP contribution in [0.1, 0.15) is 4.88 Å². The van der Waals surface area contributed by atoms with Crippen molar-refractivity contribution < 1.29 is 0 Å². The van der Waals surface area contributed by atoms with Gasteiger partial charge in [-0.1, -0.05) is 5.11 Å². The monoisotopic (exact) mass is 207 g/mol. The second-order valence-corrected chi connectivity index (χ2v) is 3.56. The quantitative estimate of drug-likeness (QED) is 0.470. The Hall–Kier alpha value is -1.92. The second kappa shape index (κ2) is 3.86. The molecular formula is C6H5N7S. The molecule has 8 heteroatoms. The van der Waals surface area contributed by atoms with Crippen LogP contribution >= 0.6 is 11.3 Å². The lowest BCUT2D eigenvalue weighted by Crippen LogP contribution is -1.73. The third-order valence-electron chi connectivity index (χ3n) is 1.52. The number of aromatic nitrogens is 4. The molecule has 0 amide bonds. The van der Waals surface area contributed by atoms with Crippen LogP contribution in [0, 0.1) is 0 Å². The molecule has 2 heterocycles. The highest BCUT2D eigenvalue weighted by molar-refractivity contribution is 7.15. The summed E-state index contributed by atoms with van der Waals surface area (Å²) >= 11 is 1.48. The molecule has 2 aromatic heterocycles. The van der Waals surface area contributed by atoms with Gasteiger partial charge in [-0.15, -0.1) is 21.5 Å². The highest BCUT2D eigenvalue weighted by Crippen LogP contribution is 2.24. The van der Waals surface area contributed by atoms with Gasteiger partial charge >= 0.3 is 0 Å². The van der Waals surface area contributed by atoms with Gasteiger partial charge in [-0.05, 0) is 22.9 Å². The van der Waals surface area contributed by atoms with Gasteiger partial charge in [-0.2, -0.15) is 5.21 Å². The average molecular weight is 207 g/mol. The summed E-state index contributed by atoms with van der Waals surface area (Å²) in [6.45, 7) is 0.360. The minimum absolute atomic E-state index is 0.360. The van der Waals surface area contributed by atoms with E-state index in [1.165, 1.54) is 11.3 Å². The Labute approximate surface area is 82.4 Å². The number of aromatic amines is 1. The van der Waals surface area contributed by atoms with Crippen LogP contribution in [-0.4, -0.2) is 20.6 Å². The molecular weight excluding hydrogens is 202 g/mol. The van der Waals surface area contributed by atoms with Gasteiger partial charge in [0.1, 0.15) is 0 Å². The standard InChI is InChI=1S/C6H5N7S/c7-11-8-3-4-1-2-5(14-4)6-9-12-13-10-6/h1-2H,3H2,(H,9,10,12,13). The summed E-state index contributed by atoms with van der Waals surface area (Å²) in [7, 11) is 0. The van der Waals surface area contributed by atoms with Crippen molar-refractivity contribution in [2.24, 2.45) is 5.11 Å². The first-order valence-corrected chi connectivity index (χ1v) is 4.55. The van der Waals surface area contributed by atoms with E-state index >= 15 is 0 Å². The van der Waals surface area contributed by atoms with Gasteiger partial charge in [0, 0.05) is 9.79 Å². The molecule has 0 saturated carbocycles. The molecule has 0 fully saturated rings. The molecule has 0 aromatic carbocycles. The lowest BCUT2D eigenvalue weighted by atomic mass is 10.4. The number of hydrogen-bond donors (Lipinski definition) is 1. The maximum Gasteiger partial charge on any atom is 0.214 e. The first-order valence-electron chi connectivity index (χ1n) is 3.73. The molecule has 1 N–H and O–H groups in total. The van der Waals surface area contributed by atoms with Crippen molar-refractivity contribution in [2.75, 3.05) is 0 Å². The SMILES string of the molecule is [N-]=[N+]=NCc1ccc(-c2nn[nH]n2)s1. The van der Waals surface area contributed by atoms with E-state index in [-0.39, 0.29) is 0 Å². The zero-order valence-electron chi connectivity index (χ0n) is 6.95. The molecule has 0 aliphatic heterocycles. The van der Waals surface area contributed by atoms with Crippen LogP contribution < -0.4 is 0 Å². The van der Waals surface area contributed by atoms with Crippen molar-refractivity contribution >= 4 is 11.3 Å². The Kier molecular flexibility index (Phi) is 2.39. The number of nitrogens with one attached hydrogen (secondary N) is 1. The molecule has 0 saturated heterocycles. The molecule has 2 rings (SSSR count). The van der Waals surface area contributed by atoms with Crippen LogP contribution in [0.15, 0.2) is 17.2 Å². The number of nitrogens with zero attached hydrogens (tertiary/aromatic N) is 6. The lowest BCUT2D eigenvalue weighted by Gasteiger charge is -1.84. The number of thiophene rings is 1. The molecule has 0 aliphatic carbocycles. The fourth-order valence-corrected chi connectivity index (χ4v) is 1.81. The van der Waals surface area contributed by atoms with Gasteiger partial charge in [-0.3, -0.25) is 0 Å². The van der Waals surface area contributed by atoms with Crippen LogP contribution in [0.2, 0.25) is 0 Å². The number of hydrogen-bond acceptors (Lipinski definition) is 5. The summed E-state index contributed by atoms with van der Waals surface area (Å²) in [5, 5.41) is 17.0. The summed E-state index contributed by atoms with van der Waals surface area (Å²) in [6.07, 6.45) is 0. The van der Waals surface area contributed by atoms with E-state index in [0.717, 1.165) is 9.75 Å². The maximum atomic E-state index is 8.14. The largest absolute Gasteiger partial charge is 0.214 e. The third-order valence-corrected chi connectivity index (χ3v) is 2.58. The van der Waals surface area contributed by atoms with E-state index in [0.29, 0.717) is 12.4 Å². The molecule has 2 aromatic rings. The molecule has 0 unspecified atom stereocenters. The molecule has 7 nitrogen and oxygen atoms in total. The van der Waals surface area contributed by atoms with Crippen LogP contribution in [0.3, 0.4) is 0 Å². The summed E-state index contributed by atoms with van der Waals surface area (Å²) in [6, 6.07) is 3.75. The van der Waals surface area contributed by atoms with Gasteiger partial charge in [0.15, 0.2) is 0 Å². The number of rotatable bonds is 3. The third kappa shape index (κ3) is 1.70. The van der Waals surface area contributed by atoms with Gasteiger partial charge < -0.3 is 0 Å². The first-order chi connectivity index (χ1) is 6.90. The fourth-order valence-electron chi connectivity index (χ4n) is 0.951. The van der Waals surface area contributed by atoms with Crippen LogP contribution in [0.4, 0.5) is 0 Å². The molecule has 0 aliphatic rings. The van der Waals surface area contributed by atoms with Crippen LogP contribution in [-0.2, 0) is 6.54 Å². The average Bonchev–Trinajstić information content (AvgIpc) is 2.85. The topological polar surface area (TPSA) is 103 Å². The van der Waals surface area contributed by atoms with E-state index in [1.807, 2.05) is 12.1 Å². The first kappa shape index (κ1) is 8.67. The summed E-state index contributed by atoms with van der Waals surface area (Å²) in [5.74, 6) is 0.558. The van der Waals surface area contributed by atoms with E-state index in [2.05, 4.69) is 30.7 Å². The fraction of sp³-hybridized carbons (Fsp3) is 0.167. The van der Waals surface area contributed by atoms with Crippen molar-refractivity contribution in [1.29, 1.82) is 0 Å². The highest BCUT2D eigenvalue weighted by Gasteiger charge is 2.05. The van der Waals surface area contributed by atoms with Gasteiger partial charge in [0.05, 0.1) is 11.4 Å².